The normalized spacial score (nSPS) is 38.7. The second-order valence-corrected chi connectivity index (χ2v) is 4.80. The van der Waals surface area contributed by atoms with Crippen molar-refractivity contribution in [2.75, 3.05) is 0 Å². The van der Waals surface area contributed by atoms with Gasteiger partial charge in [-0.1, -0.05) is 6.92 Å². The van der Waals surface area contributed by atoms with Gasteiger partial charge in [0.25, 0.3) is 0 Å². The number of hydrogen-bond acceptors (Lipinski definition) is 2. The highest BCUT2D eigenvalue weighted by atomic mass is 16.4. The average molecular weight is 211 g/mol. The standard InChI is InChI=1S/C11H17NO3/c1-6-2-5-9(6)12-10(13)7-3-4-8(7)11(14)15/h6-9H,2-5H2,1H3,(H,12,13)(H,14,15)/t6?,7-,8+,9?/m1/s1. The second-order valence-electron chi connectivity index (χ2n) is 4.80. The van der Waals surface area contributed by atoms with Crippen LogP contribution in [-0.2, 0) is 9.59 Å². The molecule has 2 aliphatic rings. The predicted octanol–water partition coefficient (Wildman–Crippen LogP) is 1.01. The van der Waals surface area contributed by atoms with Crippen molar-refractivity contribution in [1.82, 2.24) is 5.32 Å². The van der Waals surface area contributed by atoms with Gasteiger partial charge in [-0.05, 0) is 31.6 Å². The summed E-state index contributed by atoms with van der Waals surface area (Å²) in [6, 6.07) is 0.285. The fourth-order valence-electron chi connectivity index (χ4n) is 2.28. The molecule has 2 fully saturated rings. The van der Waals surface area contributed by atoms with Crippen molar-refractivity contribution in [2.24, 2.45) is 17.8 Å². The van der Waals surface area contributed by atoms with E-state index in [1.807, 2.05) is 0 Å². The number of aliphatic carboxylic acids is 1. The first kappa shape index (κ1) is 10.5. The molecule has 4 nitrogen and oxygen atoms in total. The number of rotatable bonds is 3. The van der Waals surface area contributed by atoms with Crippen molar-refractivity contribution < 1.29 is 14.7 Å². The topological polar surface area (TPSA) is 66.4 Å². The number of carboxylic acids is 1. The molecule has 0 aromatic carbocycles. The minimum absolute atomic E-state index is 0.0507. The van der Waals surface area contributed by atoms with Gasteiger partial charge in [0, 0.05) is 6.04 Å². The quantitative estimate of drug-likeness (QED) is 0.732. The third-order valence-corrected chi connectivity index (χ3v) is 3.88. The molecule has 2 N–H and O–H groups in total. The number of amides is 1. The van der Waals surface area contributed by atoms with Crippen LogP contribution in [0.1, 0.15) is 32.6 Å². The molecule has 4 atom stereocenters. The largest absolute Gasteiger partial charge is 0.481 e. The maximum Gasteiger partial charge on any atom is 0.307 e. The van der Waals surface area contributed by atoms with Crippen molar-refractivity contribution in [2.45, 2.75) is 38.6 Å². The first-order valence-electron chi connectivity index (χ1n) is 5.62. The van der Waals surface area contributed by atoms with Crippen molar-refractivity contribution in [3.63, 3.8) is 0 Å². The Hall–Kier alpha value is -1.06. The number of carbonyl (C=O) groups excluding carboxylic acids is 1. The molecule has 0 radical (unpaired) electrons. The van der Waals surface area contributed by atoms with Crippen LogP contribution in [0.25, 0.3) is 0 Å². The van der Waals surface area contributed by atoms with E-state index in [0.29, 0.717) is 12.3 Å². The third kappa shape index (κ3) is 1.85. The molecule has 0 aromatic rings. The zero-order valence-electron chi connectivity index (χ0n) is 8.90. The van der Waals surface area contributed by atoms with E-state index in [1.165, 1.54) is 0 Å². The lowest BCUT2D eigenvalue weighted by Crippen LogP contribution is -2.51. The fraction of sp³-hybridized carbons (Fsp3) is 0.818. The van der Waals surface area contributed by atoms with Gasteiger partial charge in [-0.2, -0.15) is 0 Å². The molecule has 0 saturated heterocycles. The van der Waals surface area contributed by atoms with Crippen LogP contribution in [-0.4, -0.2) is 23.0 Å². The van der Waals surface area contributed by atoms with E-state index >= 15 is 0 Å². The first-order valence-corrected chi connectivity index (χ1v) is 5.62. The van der Waals surface area contributed by atoms with Crippen molar-refractivity contribution in [1.29, 1.82) is 0 Å². The van der Waals surface area contributed by atoms with Gasteiger partial charge in [0.1, 0.15) is 0 Å². The van der Waals surface area contributed by atoms with E-state index < -0.39 is 11.9 Å². The van der Waals surface area contributed by atoms with Gasteiger partial charge in [0.15, 0.2) is 0 Å². The van der Waals surface area contributed by atoms with Crippen molar-refractivity contribution in [3.8, 4) is 0 Å². The Morgan fingerprint density at radius 3 is 2.13 bits per heavy atom. The molecular weight excluding hydrogens is 194 g/mol. The number of nitrogens with one attached hydrogen (secondary N) is 1. The van der Waals surface area contributed by atoms with Gasteiger partial charge in [0.05, 0.1) is 11.8 Å². The predicted molar refractivity (Wildman–Crippen MR) is 54.2 cm³/mol. The van der Waals surface area contributed by atoms with Gasteiger partial charge in [-0.25, -0.2) is 0 Å². The summed E-state index contributed by atoms with van der Waals surface area (Å²) in [4.78, 5) is 22.5. The molecule has 0 bridgehead atoms. The molecule has 4 heteroatoms. The summed E-state index contributed by atoms with van der Waals surface area (Å²) in [6.45, 7) is 2.11. The summed E-state index contributed by atoms with van der Waals surface area (Å²) in [7, 11) is 0. The average Bonchev–Trinajstić information content (AvgIpc) is 2.09. The smallest absolute Gasteiger partial charge is 0.307 e. The maximum atomic E-state index is 11.7. The Morgan fingerprint density at radius 1 is 1.13 bits per heavy atom. The molecule has 1 amide bonds. The fourth-order valence-corrected chi connectivity index (χ4v) is 2.28. The van der Waals surface area contributed by atoms with E-state index in [-0.39, 0.29) is 17.9 Å². The highest BCUT2D eigenvalue weighted by Gasteiger charge is 2.42. The van der Waals surface area contributed by atoms with Gasteiger partial charge in [-0.15, -0.1) is 0 Å². The number of carboxylic acid groups (broad SMARTS) is 1. The zero-order chi connectivity index (χ0) is 11.0. The Labute approximate surface area is 89.0 Å². The van der Waals surface area contributed by atoms with E-state index in [9.17, 15) is 9.59 Å². The highest BCUT2D eigenvalue weighted by Crippen LogP contribution is 2.35. The summed E-state index contributed by atoms with van der Waals surface area (Å²) in [6.07, 6.45) is 3.58. The molecule has 0 aliphatic heterocycles. The Bertz CT molecular complexity index is 290. The van der Waals surface area contributed by atoms with Gasteiger partial charge < -0.3 is 10.4 Å². The molecule has 0 spiro atoms. The lowest BCUT2D eigenvalue weighted by Gasteiger charge is -2.38. The van der Waals surface area contributed by atoms with Crippen LogP contribution >= 0.6 is 0 Å². The third-order valence-electron chi connectivity index (χ3n) is 3.88. The molecule has 2 rings (SSSR count). The lowest BCUT2D eigenvalue weighted by atomic mass is 9.72. The monoisotopic (exact) mass is 211 g/mol. The summed E-state index contributed by atoms with van der Waals surface area (Å²) >= 11 is 0. The molecule has 0 heterocycles. The Balaban J connectivity index is 1.83. The summed E-state index contributed by atoms with van der Waals surface area (Å²) in [5.41, 5.74) is 0. The number of carbonyl (C=O) groups is 2. The van der Waals surface area contributed by atoms with Crippen molar-refractivity contribution in [3.05, 3.63) is 0 Å². The number of hydrogen-bond donors (Lipinski definition) is 2. The molecule has 84 valence electrons. The van der Waals surface area contributed by atoms with Crippen LogP contribution < -0.4 is 5.32 Å². The molecule has 2 aliphatic carbocycles. The van der Waals surface area contributed by atoms with Crippen LogP contribution in [0.15, 0.2) is 0 Å². The molecule has 15 heavy (non-hydrogen) atoms. The van der Waals surface area contributed by atoms with Gasteiger partial charge in [-0.3, -0.25) is 9.59 Å². The van der Waals surface area contributed by atoms with E-state index in [4.69, 9.17) is 5.11 Å². The summed E-state index contributed by atoms with van der Waals surface area (Å²) < 4.78 is 0. The first-order chi connectivity index (χ1) is 7.09. The Kier molecular flexibility index (Phi) is 2.67. The van der Waals surface area contributed by atoms with Crippen molar-refractivity contribution >= 4 is 11.9 Å². The lowest BCUT2D eigenvalue weighted by molar-refractivity contribution is -0.153. The van der Waals surface area contributed by atoms with Crippen LogP contribution in [0, 0.1) is 17.8 Å². The Morgan fingerprint density at radius 2 is 1.80 bits per heavy atom. The maximum absolute atomic E-state index is 11.7. The van der Waals surface area contributed by atoms with E-state index in [2.05, 4.69) is 12.2 Å². The minimum Gasteiger partial charge on any atom is -0.481 e. The van der Waals surface area contributed by atoms with E-state index in [1.54, 1.807) is 0 Å². The second kappa shape index (κ2) is 3.83. The molecule has 2 unspecified atom stereocenters. The van der Waals surface area contributed by atoms with Crippen LogP contribution in [0.4, 0.5) is 0 Å². The molecule has 2 saturated carbocycles. The highest BCUT2D eigenvalue weighted by molar-refractivity contribution is 5.86. The molecular formula is C11H17NO3. The van der Waals surface area contributed by atoms with E-state index in [0.717, 1.165) is 19.3 Å². The SMILES string of the molecule is CC1CCC1NC(=O)[C@@H]1CC[C@@H]1C(=O)O. The van der Waals surface area contributed by atoms with Gasteiger partial charge >= 0.3 is 5.97 Å². The van der Waals surface area contributed by atoms with Crippen LogP contribution in [0.3, 0.4) is 0 Å². The van der Waals surface area contributed by atoms with Crippen LogP contribution in [0.2, 0.25) is 0 Å². The summed E-state index contributed by atoms with van der Waals surface area (Å²) in [5.74, 6) is -1.05. The minimum atomic E-state index is -0.831. The van der Waals surface area contributed by atoms with Gasteiger partial charge in [0.2, 0.25) is 5.91 Å². The van der Waals surface area contributed by atoms with Crippen LogP contribution in [0.5, 0.6) is 0 Å². The zero-order valence-corrected chi connectivity index (χ0v) is 8.90. The summed E-state index contributed by atoms with van der Waals surface area (Å²) in [5, 5.41) is 11.8. The molecule has 0 aromatic heterocycles.